The molecule has 0 atom stereocenters. The second-order valence-electron chi connectivity index (χ2n) is 5.19. The number of nitrogens with one attached hydrogen (secondary N) is 1. The molecule has 1 saturated heterocycles. The van der Waals surface area contributed by atoms with Gasteiger partial charge in [0, 0.05) is 37.5 Å². The molecule has 1 fully saturated rings. The van der Waals surface area contributed by atoms with Crippen LogP contribution in [0.1, 0.15) is 19.8 Å². The molecule has 0 unspecified atom stereocenters. The van der Waals surface area contributed by atoms with Gasteiger partial charge in [0.1, 0.15) is 5.82 Å². The number of anilines is 3. The molecule has 2 aromatic rings. The van der Waals surface area contributed by atoms with Gasteiger partial charge in [0.05, 0.1) is 0 Å². The molecule has 2 N–H and O–H groups in total. The van der Waals surface area contributed by atoms with E-state index >= 15 is 0 Å². The summed E-state index contributed by atoms with van der Waals surface area (Å²) >= 11 is 0. The SMILES string of the molecule is CCN(c1ccc(F)c(O)c1)c1cc(N2CCCC2)n[nH]1. The van der Waals surface area contributed by atoms with Gasteiger partial charge in [-0.05, 0) is 31.9 Å². The van der Waals surface area contributed by atoms with E-state index in [0.29, 0.717) is 6.54 Å². The van der Waals surface area contributed by atoms with E-state index in [1.54, 1.807) is 6.07 Å². The fraction of sp³-hybridized carbons (Fsp3) is 0.400. The average Bonchev–Trinajstić information content (AvgIpc) is 3.14. The van der Waals surface area contributed by atoms with Crippen molar-refractivity contribution in [3.8, 4) is 5.75 Å². The van der Waals surface area contributed by atoms with Crippen LogP contribution in [0.5, 0.6) is 5.75 Å². The number of hydrogen-bond donors (Lipinski definition) is 2. The third kappa shape index (κ3) is 2.66. The Morgan fingerprint density at radius 1 is 1.33 bits per heavy atom. The zero-order valence-electron chi connectivity index (χ0n) is 12.0. The number of phenolic OH excluding ortho intramolecular Hbond substituents is 1. The van der Waals surface area contributed by atoms with Crippen molar-refractivity contribution in [2.45, 2.75) is 19.8 Å². The number of aromatic nitrogens is 2. The number of aromatic hydroxyl groups is 1. The summed E-state index contributed by atoms with van der Waals surface area (Å²) in [7, 11) is 0. The van der Waals surface area contributed by atoms with Crippen LogP contribution in [0.15, 0.2) is 24.3 Å². The first kappa shape index (κ1) is 13.7. The molecule has 1 aliphatic heterocycles. The molecular weight excluding hydrogens is 271 g/mol. The predicted octanol–water partition coefficient (Wildman–Crippen LogP) is 3.01. The van der Waals surface area contributed by atoms with Gasteiger partial charge in [0.15, 0.2) is 17.4 Å². The van der Waals surface area contributed by atoms with Gasteiger partial charge in [-0.25, -0.2) is 4.39 Å². The quantitative estimate of drug-likeness (QED) is 0.909. The van der Waals surface area contributed by atoms with Crippen LogP contribution < -0.4 is 9.80 Å². The van der Waals surface area contributed by atoms with E-state index in [0.717, 1.165) is 30.4 Å². The monoisotopic (exact) mass is 290 g/mol. The largest absolute Gasteiger partial charge is 0.505 e. The molecule has 6 heteroatoms. The number of H-pyrrole nitrogens is 1. The summed E-state index contributed by atoms with van der Waals surface area (Å²) in [6.45, 7) is 4.75. The zero-order chi connectivity index (χ0) is 14.8. The molecule has 1 aromatic heterocycles. The predicted molar refractivity (Wildman–Crippen MR) is 80.8 cm³/mol. The molecule has 3 rings (SSSR count). The van der Waals surface area contributed by atoms with Crippen molar-refractivity contribution in [1.29, 1.82) is 0 Å². The van der Waals surface area contributed by atoms with Gasteiger partial charge in [-0.1, -0.05) is 0 Å². The number of rotatable bonds is 4. The molecule has 112 valence electrons. The van der Waals surface area contributed by atoms with Crippen molar-refractivity contribution in [2.75, 3.05) is 29.4 Å². The Morgan fingerprint density at radius 3 is 2.76 bits per heavy atom. The molecule has 0 spiro atoms. The van der Waals surface area contributed by atoms with Crippen LogP contribution in [-0.2, 0) is 0 Å². The molecule has 0 aliphatic carbocycles. The number of phenols is 1. The Hall–Kier alpha value is -2.24. The summed E-state index contributed by atoms with van der Waals surface area (Å²) in [5.74, 6) is 0.820. The summed E-state index contributed by atoms with van der Waals surface area (Å²) < 4.78 is 13.2. The highest BCUT2D eigenvalue weighted by atomic mass is 19.1. The van der Waals surface area contributed by atoms with Gasteiger partial charge in [-0.3, -0.25) is 5.10 Å². The van der Waals surface area contributed by atoms with Crippen LogP contribution in [0.3, 0.4) is 0 Å². The van der Waals surface area contributed by atoms with Crippen LogP contribution in [0.4, 0.5) is 21.7 Å². The van der Waals surface area contributed by atoms with E-state index in [-0.39, 0.29) is 5.75 Å². The summed E-state index contributed by atoms with van der Waals surface area (Å²) in [5, 5.41) is 16.9. The maximum Gasteiger partial charge on any atom is 0.164 e. The van der Waals surface area contributed by atoms with E-state index in [1.165, 1.54) is 25.0 Å². The third-order valence-electron chi connectivity index (χ3n) is 3.83. The van der Waals surface area contributed by atoms with Crippen molar-refractivity contribution in [2.24, 2.45) is 0 Å². The number of aromatic amines is 1. The van der Waals surface area contributed by atoms with Crippen molar-refractivity contribution >= 4 is 17.3 Å². The molecular formula is C15H19FN4O. The molecule has 0 bridgehead atoms. The van der Waals surface area contributed by atoms with Gasteiger partial charge in [0.25, 0.3) is 0 Å². The molecule has 5 nitrogen and oxygen atoms in total. The van der Waals surface area contributed by atoms with Gasteiger partial charge < -0.3 is 14.9 Å². The molecule has 21 heavy (non-hydrogen) atoms. The average molecular weight is 290 g/mol. The molecule has 0 saturated carbocycles. The van der Waals surface area contributed by atoms with Crippen molar-refractivity contribution in [3.05, 3.63) is 30.1 Å². The topological polar surface area (TPSA) is 55.4 Å². The molecule has 0 radical (unpaired) electrons. The molecule has 2 heterocycles. The first-order valence-corrected chi connectivity index (χ1v) is 7.25. The van der Waals surface area contributed by atoms with Crippen LogP contribution in [0.2, 0.25) is 0 Å². The Labute approximate surface area is 123 Å². The molecule has 1 aromatic carbocycles. The third-order valence-corrected chi connectivity index (χ3v) is 3.83. The van der Waals surface area contributed by atoms with E-state index in [9.17, 15) is 9.50 Å². The minimum absolute atomic E-state index is 0.342. The van der Waals surface area contributed by atoms with Crippen molar-refractivity contribution in [3.63, 3.8) is 0 Å². The fourth-order valence-electron chi connectivity index (χ4n) is 2.71. The van der Waals surface area contributed by atoms with Crippen molar-refractivity contribution < 1.29 is 9.50 Å². The minimum atomic E-state index is -0.614. The Bertz CT molecular complexity index is 622. The number of halogens is 1. The maximum atomic E-state index is 13.2. The van der Waals surface area contributed by atoms with Gasteiger partial charge in [0.2, 0.25) is 0 Å². The van der Waals surface area contributed by atoms with Gasteiger partial charge in [-0.15, -0.1) is 0 Å². The van der Waals surface area contributed by atoms with Gasteiger partial charge >= 0.3 is 0 Å². The fourth-order valence-corrected chi connectivity index (χ4v) is 2.71. The molecule has 0 amide bonds. The Kier molecular flexibility index (Phi) is 3.68. The van der Waals surface area contributed by atoms with Crippen LogP contribution in [0.25, 0.3) is 0 Å². The van der Waals surface area contributed by atoms with Crippen molar-refractivity contribution in [1.82, 2.24) is 10.2 Å². The normalized spacial score (nSPS) is 14.7. The van der Waals surface area contributed by atoms with Crippen LogP contribution in [0, 0.1) is 5.82 Å². The van der Waals surface area contributed by atoms with E-state index in [2.05, 4.69) is 15.1 Å². The van der Waals surface area contributed by atoms with E-state index in [1.807, 2.05) is 17.9 Å². The second-order valence-corrected chi connectivity index (χ2v) is 5.19. The minimum Gasteiger partial charge on any atom is -0.505 e. The lowest BCUT2D eigenvalue weighted by molar-refractivity contribution is 0.432. The van der Waals surface area contributed by atoms with Crippen LogP contribution in [-0.4, -0.2) is 34.9 Å². The summed E-state index contributed by atoms with van der Waals surface area (Å²) in [4.78, 5) is 4.20. The lowest BCUT2D eigenvalue weighted by Gasteiger charge is -2.21. The maximum absolute atomic E-state index is 13.2. The number of nitrogens with zero attached hydrogens (tertiary/aromatic N) is 3. The first-order chi connectivity index (χ1) is 10.2. The Morgan fingerprint density at radius 2 is 2.10 bits per heavy atom. The second kappa shape index (κ2) is 5.63. The summed E-state index contributed by atoms with van der Waals surface area (Å²) in [6, 6.07) is 6.34. The first-order valence-electron chi connectivity index (χ1n) is 7.25. The summed E-state index contributed by atoms with van der Waals surface area (Å²) in [5.41, 5.74) is 0.730. The van der Waals surface area contributed by atoms with E-state index < -0.39 is 5.82 Å². The Balaban J connectivity index is 1.87. The lowest BCUT2D eigenvalue weighted by atomic mass is 10.2. The van der Waals surface area contributed by atoms with Gasteiger partial charge in [-0.2, -0.15) is 5.10 Å². The number of benzene rings is 1. The smallest absolute Gasteiger partial charge is 0.164 e. The number of hydrogen-bond acceptors (Lipinski definition) is 4. The summed E-state index contributed by atoms with van der Waals surface area (Å²) in [6.07, 6.45) is 2.40. The van der Waals surface area contributed by atoms with Crippen LogP contribution >= 0.6 is 0 Å². The highest BCUT2D eigenvalue weighted by Gasteiger charge is 2.18. The molecule has 1 aliphatic rings. The standard InChI is InChI=1S/C15H19FN4O/c1-2-20(11-5-6-12(16)13(21)9-11)15-10-14(17-18-15)19-7-3-4-8-19/h5-6,9-10,21H,2-4,7-8H2,1H3,(H,17,18). The zero-order valence-corrected chi connectivity index (χ0v) is 12.0. The lowest BCUT2D eigenvalue weighted by Crippen LogP contribution is -2.18. The highest BCUT2D eigenvalue weighted by molar-refractivity contribution is 5.64. The highest BCUT2D eigenvalue weighted by Crippen LogP contribution is 2.30. The van der Waals surface area contributed by atoms with E-state index in [4.69, 9.17) is 0 Å².